The highest BCUT2D eigenvalue weighted by Gasteiger charge is 2.34. The van der Waals surface area contributed by atoms with Gasteiger partial charge in [0.1, 0.15) is 11.6 Å². The normalized spacial score (nSPS) is 23.5. The summed E-state index contributed by atoms with van der Waals surface area (Å²) in [6.07, 6.45) is 5.31. The Bertz CT molecular complexity index is 291. The Morgan fingerprint density at radius 1 is 1.47 bits per heavy atom. The highest BCUT2D eigenvalue weighted by Crippen LogP contribution is 2.39. The topological polar surface area (TPSA) is 34.1 Å². The quantitative estimate of drug-likeness (QED) is 0.730. The van der Waals surface area contributed by atoms with Crippen molar-refractivity contribution < 1.29 is 9.59 Å². The van der Waals surface area contributed by atoms with Gasteiger partial charge in [-0.3, -0.25) is 9.59 Å². The zero-order valence-corrected chi connectivity index (χ0v) is 11.7. The van der Waals surface area contributed by atoms with Gasteiger partial charge in [-0.05, 0) is 30.6 Å². The smallest absolute Gasteiger partial charge is 0.135 e. The third-order valence-corrected chi connectivity index (χ3v) is 4.40. The molecule has 0 bridgehead atoms. The fourth-order valence-electron chi connectivity index (χ4n) is 2.95. The Hall–Kier alpha value is -0.660. The third-order valence-electron chi connectivity index (χ3n) is 4.40. The van der Waals surface area contributed by atoms with Gasteiger partial charge in [-0.25, -0.2) is 0 Å². The SMILES string of the molecule is CCC(=O)C(C)C(C)(C)CC1CCCC(=O)C1. The van der Waals surface area contributed by atoms with Crippen molar-refractivity contribution in [2.24, 2.45) is 17.3 Å². The van der Waals surface area contributed by atoms with Crippen molar-refractivity contribution >= 4 is 11.6 Å². The fourth-order valence-corrected chi connectivity index (χ4v) is 2.95. The lowest BCUT2D eigenvalue weighted by Gasteiger charge is -2.35. The minimum absolute atomic E-state index is 0.0232. The summed E-state index contributed by atoms with van der Waals surface area (Å²) in [4.78, 5) is 23.2. The van der Waals surface area contributed by atoms with Crippen LogP contribution in [0.25, 0.3) is 0 Å². The first-order chi connectivity index (χ1) is 7.86. The third kappa shape index (κ3) is 3.93. The van der Waals surface area contributed by atoms with Gasteiger partial charge >= 0.3 is 0 Å². The standard InChI is InChI=1S/C15H26O2/c1-5-14(17)11(2)15(3,4)10-12-7-6-8-13(16)9-12/h11-12H,5-10H2,1-4H3. The molecule has 98 valence electrons. The molecule has 1 rings (SSSR count). The maximum Gasteiger partial charge on any atom is 0.135 e. The molecule has 0 aromatic rings. The first-order valence-corrected chi connectivity index (χ1v) is 6.91. The van der Waals surface area contributed by atoms with E-state index in [1.54, 1.807) is 0 Å². The van der Waals surface area contributed by atoms with Gasteiger partial charge in [0.05, 0.1) is 0 Å². The van der Waals surface area contributed by atoms with Crippen molar-refractivity contribution in [3.63, 3.8) is 0 Å². The summed E-state index contributed by atoms with van der Waals surface area (Å²) in [5, 5.41) is 0. The number of carbonyl (C=O) groups is 2. The molecule has 0 amide bonds. The number of rotatable bonds is 5. The number of Topliss-reactive ketones (excluding diaryl/α,β-unsaturated/α-hetero) is 2. The molecule has 2 unspecified atom stereocenters. The molecule has 0 heterocycles. The van der Waals surface area contributed by atoms with Crippen LogP contribution in [0, 0.1) is 17.3 Å². The van der Waals surface area contributed by atoms with E-state index in [0.29, 0.717) is 23.9 Å². The van der Waals surface area contributed by atoms with Crippen LogP contribution in [0.1, 0.15) is 66.2 Å². The lowest BCUT2D eigenvalue weighted by molar-refractivity contribution is -0.126. The van der Waals surface area contributed by atoms with E-state index in [4.69, 9.17) is 0 Å². The molecule has 2 heteroatoms. The molecule has 0 aliphatic heterocycles. The van der Waals surface area contributed by atoms with Crippen molar-refractivity contribution in [3.8, 4) is 0 Å². The van der Waals surface area contributed by atoms with Crippen LogP contribution >= 0.6 is 0 Å². The van der Waals surface area contributed by atoms with Crippen LogP contribution in [0.4, 0.5) is 0 Å². The zero-order chi connectivity index (χ0) is 13.1. The molecular formula is C15H26O2. The molecule has 17 heavy (non-hydrogen) atoms. The number of ketones is 2. The molecule has 1 aliphatic carbocycles. The number of carbonyl (C=O) groups excluding carboxylic acids is 2. The lowest BCUT2D eigenvalue weighted by atomic mass is 9.69. The van der Waals surface area contributed by atoms with Crippen molar-refractivity contribution in [3.05, 3.63) is 0 Å². The first-order valence-electron chi connectivity index (χ1n) is 6.91. The average molecular weight is 238 g/mol. The highest BCUT2D eigenvalue weighted by molar-refractivity contribution is 5.81. The van der Waals surface area contributed by atoms with E-state index in [1.165, 1.54) is 0 Å². The van der Waals surface area contributed by atoms with E-state index >= 15 is 0 Å². The summed E-state index contributed by atoms with van der Waals surface area (Å²) in [5.74, 6) is 1.35. The van der Waals surface area contributed by atoms with E-state index in [9.17, 15) is 9.59 Å². The Balaban J connectivity index is 2.58. The van der Waals surface area contributed by atoms with Gasteiger partial charge in [-0.15, -0.1) is 0 Å². The van der Waals surface area contributed by atoms with E-state index in [0.717, 1.165) is 32.1 Å². The largest absolute Gasteiger partial charge is 0.300 e. The zero-order valence-electron chi connectivity index (χ0n) is 11.7. The Morgan fingerprint density at radius 2 is 2.12 bits per heavy atom. The Kier molecular flexibility index (Phi) is 4.91. The van der Waals surface area contributed by atoms with Crippen molar-refractivity contribution in [1.29, 1.82) is 0 Å². The maximum atomic E-state index is 11.8. The highest BCUT2D eigenvalue weighted by atomic mass is 16.1. The Labute approximate surface area is 105 Å². The van der Waals surface area contributed by atoms with Gasteiger partial charge in [-0.1, -0.05) is 27.7 Å². The second-order valence-electron chi connectivity index (χ2n) is 6.24. The predicted molar refractivity (Wildman–Crippen MR) is 69.8 cm³/mol. The maximum absolute atomic E-state index is 11.8. The monoisotopic (exact) mass is 238 g/mol. The van der Waals surface area contributed by atoms with Crippen LogP contribution in [-0.4, -0.2) is 11.6 Å². The van der Waals surface area contributed by atoms with E-state index < -0.39 is 0 Å². The van der Waals surface area contributed by atoms with E-state index in [1.807, 2.05) is 13.8 Å². The molecule has 0 aromatic heterocycles. The van der Waals surface area contributed by atoms with E-state index in [-0.39, 0.29) is 11.3 Å². The van der Waals surface area contributed by atoms with Crippen molar-refractivity contribution in [1.82, 2.24) is 0 Å². The van der Waals surface area contributed by atoms with Crippen LogP contribution in [0.3, 0.4) is 0 Å². The fraction of sp³-hybridized carbons (Fsp3) is 0.867. The predicted octanol–water partition coefficient (Wildman–Crippen LogP) is 3.78. The molecule has 2 atom stereocenters. The summed E-state index contributed by atoms with van der Waals surface area (Å²) in [6.45, 7) is 8.31. The summed E-state index contributed by atoms with van der Waals surface area (Å²) in [6, 6.07) is 0. The molecule has 0 radical (unpaired) electrons. The van der Waals surface area contributed by atoms with Gasteiger partial charge in [-0.2, -0.15) is 0 Å². The van der Waals surface area contributed by atoms with Crippen LogP contribution in [0.15, 0.2) is 0 Å². The molecule has 1 fully saturated rings. The number of hydrogen-bond donors (Lipinski definition) is 0. The second kappa shape index (κ2) is 5.79. The van der Waals surface area contributed by atoms with Gasteiger partial charge in [0, 0.05) is 25.2 Å². The van der Waals surface area contributed by atoms with Gasteiger partial charge in [0.2, 0.25) is 0 Å². The van der Waals surface area contributed by atoms with Crippen molar-refractivity contribution in [2.75, 3.05) is 0 Å². The minimum atomic E-state index is 0.0232. The van der Waals surface area contributed by atoms with Crippen LogP contribution in [0.2, 0.25) is 0 Å². The molecular weight excluding hydrogens is 212 g/mol. The molecule has 0 spiro atoms. The average Bonchev–Trinajstić information content (AvgIpc) is 2.26. The summed E-state index contributed by atoms with van der Waals surface area (Å²) >= 11 is 0. The van der Waals surface area contributed by atoms with Gasteiger partial charge in [0.25, 0.3) is 0 Å². The lowest BCUT2D eigenvalue weighted by Crippen LogP contribution is -2.32. The Morgan fingerprint density at radius 3 is 2.65 bits per heavy atom. The summed E-state index contributed by atoms with van der Waals surface area (Å²) in [5.41, 5.74) is 0.0232. The molecule has 0 saturated heterocycles. The van der Waals surface area contributed by atoms with Crippen LogP contribution < -0.4 is 0 Å². The molecule has 0 aromatic carbocycles. The van der Waals surface area contributed by atoms with Crippen LogP contribution in [0.5, 0.6) is 0 Å². The van der Waals surface area contributed by atoms with Gasteiger partial charge in [0.15, 0.2) is 0 Å². The molecule has 1 aliphatic rings. The summed E-state index contributed by atoms with van der Waals surface area (Å²) in [7, 11) is 0. The van der Waals surface area contributed by atoms with Gasteiger partial charge < -0.3 is 0 Å². The molecule has 1 saturated carbocycles. The number of hydrogen-bond acceptors (Lipinski definition) is 2. The van der Waals surface area contributed by atoms with Crippen molar-refractivity contribution in [2.45, 2.75) is 66.2 Å². The first kappa shape index (κ1) is 14.4. The van der Waals surface area contributed by atoms with E-state index in [2.05, 4.69) is 13.8 Å². The summed E-state index contributed by atoms with van der Waals surface area (Å²) < 4.78 is 0. The van der Waals surface area contributed by atoms with Crippen LogP contribution in [-0.2, 0) is 9.59 Å². The molecule has 2 nitrogen and oxygen atoms in total. The molecule has 0 N–H and O–H groups in total. The minimum Gasteiger partial charge on any atom is -0.300 e. The second-order valence-corrected chi connectivity index (χ2v) is 6.24.